The van der Waals surface area contributed by atoms with Gasteiger partial charge >= 0.3 is 143 Å². The quantitative estimate of drug-likeness (QED) is 0.564. The van der Waals surface area contributed by atoms with Gasteiger partial charge in [0.1, 0.15) is 0 Å². The van der Waals surface area contributed by atoms with Crippen molar-refractivity contribution in [3.63, 3.8) is 0 Å². The molecule has 5 heteroatoms. The maximum atomic E-state index is 6.60. The number of hydrogen-bond donors (Lipinski definition) is 0. The van der Waals surface area contributed by atoms with Crippen molar-refractivity contribution in [1.82, 2.24) is 0 Å². The van der Waals surface area contributed by atoms with Crippen molar-refractivity contribution in [1.29, 1.82) is 0 Å². The number of rotatable bonds is 4. The molecule has 2 rings (SSSR count). The van der Waals surface area contributed by atoms with E-state index in [9.17, 15) is 0 Å². The van der Waals surface area contributed by atoms with Gasteiger partial charge < -0.3 is 0 Å². The molecule has 1 aromatic rings. The van der Waals surface area contributed by atoms with Crippen molar-refractivity contribution >= 4 is 41.9 Å². The Morgan fingerprint density at radius 3 is 2.12 bits per heavy atom. The molecule has 1 aliphatic carbocycles. The summed E-state index contributed by atoms with van der Waals surface area (Å²) in [5, 5.41) is 1.49. The van der Waals surface area contributed by atoms with Gasteiger partial charge in [-0.25, -0.2) is 0 Å². The van der Waals surface area contributed by atoms with Crippen LogP contribution in [0.4, 0.5) is 0 Å². The molecule has 0 bridgehead atoms. The van der Waals surface area contributed by atoms with Crippen LogP contribution < -0.4 is 8.51 Å². The van der Waals surface area contributed by atoms with Crippen LogP contribution in [0.25, 0.3) is 0 Å². The second-order valence-electron chi connectivity index (χ2n) is 7.48. The van der Waals surface area contributed by atoms with Crippen LogP contribution >= 0.6 is 24.8 Å². The maximum Gasteiger partial charge on any atom is -0.147 e. The molecular weight excluding hydrogens is 391 g/mol. The first kappa shape index (κ1) is 23.9. The summed E-state index contributed by atoms with van der Waals surface area (Å²) >= 11 is -1.81. The van der Waals surface area contributed by atoms with E-state index in [1.807, 2.05) is 0 Å². The largest absolute Gasteiger partial charge is 0.147 e. The minimum absolute atomic E-state index is 0. The Morgan fingerprint density at radius 2 is 1.67 bits per heavy atom. The monoisotopic (exact) mass is 420 g/mol. The standard InChI is InChI=1S/C10H16OSi.C6H7.C3H6.2ClH.Ti/c1-8-5-9(11)7-10(6-8)12(2,3)4;1-6-4-2-3-5-6;1-3-2;;;/h5-7,11H,1-4H3;2,4H,3H2,1H3;1-2H3;2*1H;/q;;;;;+1/p-1. The third-order valence-electron chi connectivity index (χ3n) is 4.03. The molecule has 134 valence electrons. The molecule has 0 fully saturated rings. The molecule has 24 heavy (non-hydrogen) atoms. The van der Waals surface area contributed by atoms with Gasteiger partial charge in [-0.15, -0.1) is 24.8 Å². The van der Waals surface area contributed by atoms with Crippen molar-refractivity contribution in [2.75, 3.05) is 0 Å². The Bertz CT molecular complexity index is 681. The molecule has 0 unspecified atom stereocenters. The first-order valence-electron chi connectivity index (χ1n) is 8.02. The third kappa shape index (κ3) is 6.00. The predicted molar refractivity (Wildman–Crippen MR) is 112 cm³/mol. The topological polar surface area (TPSA) is 9.23 Å². The number of benzene rings is 1. The molecule has 0 aliphatic heterocycles. The van der Waals surface area contributed by atoms with Gasteiger partial charge in [0.15, 0.2) is 0 Å². The van der Waals surface area contributed by atoms with E-state index in [0.29, 0.717) is 0 Å². The van der Waals surface area contributed by atoms with Crippen LogP contribution in [0.3, 0.4) is 0 Å². The van der Waals surface area contributed by atoms with E-state index < -0.39 is 25.9 Å². The van der Waals surface area contributed by atoms with Crippen molar-refractivity contribution in [2.24, 2.45) is 0 Å². The number of hydrogen-bond acceptors (Lipinski definition) is 1. The summed E-state index contributed by atoms with van der Waals surface area (Å²) in [5.41, 5.74) is 2.74. The molecule has 0 spiro atoms. The summed E-state index contributed by atoms with van der Waals surface area (Å²) in [4.78, 5) is 0. The summed E-state index contributed by atoms with van der Waals surface area (Å²) < 4.78 is 9.65. The van der Waals surface area contributed by atoms with Gasteiger partial charge in [-0.05, 0) is 0 Å². The van der Waals surface area contributed by atoms with Crippen molar-refractivity contribution in [3.05, 3.63) is 45.4 Å². The van der Waals surface area contributed by atoms with Crippen LogP contribution in [0.15, 0.2) is 39.8 Å². The third-order valence-corrected chi connectivity index (χ3v) is 9.95. The Morgan fingerprint density at radius 1 is 1.04 bits per heavy atom. The molecular formula is C19H30Cl2OSiTi. The first-order chi connectivity index (χ1) is 10.2. The van der Waals surface area contributed by atoms with Gasteiger partial charge in [0.25, 0.3) is 0 Å². The Balaban J connectivity index is 0.00000264. The molecule has 1 nitrogen and oxygen atoms in total. The fourth-order valence-corrected chi connectivity index (χ4v) is 7.11. The minimum atomic E-state index is -1.81. The van der Waals surface area contributed by atoms with Crippen LogP contribution in [0.5, 0.6) is 5.75 Å². The number of aryl methyl sites for hydroxylation is 1. The molecule has 0 saturated carbocycles. The summed E-state index contributed by atoms with van der Waals surface area (Å²) in [7, 11) is -1.31. The summed E-state index contributed by atoms with van der Waals surface area (Å²) in [6.45, 7) is 16.1. The van der Waals surface area contributed by atoms with E-state index in [2.05, 4.69) is 77.7 Å². The average Bonchev–Trinajstić information content (AvgIpc) is 2.80. The Labute approximate surface area is 167 Å². The Kier molecular flexibility index (Phi) is 9.50. The molecule has 0 amide bonds. The Hall–Kier alpha value is -0.119. The molecule has 0 aromatic heterocycles. The van der Waals surface area contributed by atoms with Crippen molar-refractivity contribution in [2.45, 2.75) is 53.8 Å². The molecule has 0 atom stereocenters. The summed E-state index contributed by atoms with van der Waals surface area (Å²) in [6.07, 6.45) is 5.60. The van der Waals surface area contributed by atoms with Gasteiger partial charge in [-0.3, -0.25) is 0 Å². The molecule has 1 aliphatic rings. The molecule has 0 heterocycles. The van der Waals surface area contributed by atoms with Crippen LogP contribution in [0.1, 0.15) is 32.8 Å². The van der Waals surface area contributed by atoms with E-state index in [1.54, 1.807) is 3.88 Å². The fourth-order valence-electron chi connectivity index (χ4n) is 2.71. The zero-order valence-corrected chi connectivity index (χ0v) is 20.0. The zero-order valence-electron chi connectivity index (χ0n) is 15.8. The average molecular weight is 421 g/mol. The van der Waals surface area contributed by atoms with E-state index in [-0.39, 0.29) is 24.8 Å². The zero-order chi connectivity index (χ0) is 16.5. The molecule has 0 N–H and O–H groups in total. The predicted octanol–water partition coefficient (Wildman–Crippen LogP) is 5.74. The minimum Gasteiger partial charge on any atom is -0.147 e. The van der Waals surface area contributed by atoms with E-state index in [1.165, 1.54) is 20.1 Å². The van der Waals surface area contributed by atoms with Crippen LogP contribution in [-0.2, 0) is 17.8 Å². The van der Waals surface area contributed by atoms with Crippen LogP contribution in [-0.4, -0.2) is 11.9 Å². The second-order valence-corrected chi connectivity index (χ2v) is 16.4. The van der Waals surface area contributed by atoms with Gasteiger partial charge in [-0.2, -0.15) is 0 Å². The van der Waals surface area contributed by atoms with Gasteiger partial charge in [-0.1, -0.05) is 0 Å². The van der Waals surface area contributed by atoms with Gasteiger partial charge in [0, 0.05) is 0 Å². The first-order valence-corrected chi connectivity index (χ1v) is 13.7. The van der Waals surface area contributed by atoms with E-state index >= 15 is 0 Å². The summed E-state index contributed by atoms with van der Waals surface area (Å²) in [6, 6.07) is 6.84. The van der Waals surface area contributed by atoms with E-state index in [4.69, 9.17) is 3.32 Å². The number of allylic oxidation sites excluding steroid dienone is 4. The van der Waals surface area contributed by atoms with Gasteiger partial charge in [0.05, 0.1) is 0 Å². The maximum absolute atomic E-state index is 6.60. The van der Waals surface area contributed by atoms with Crippen molar-refractivity contribution in [3.8, 4) is 5.75 Å². The van der Waals surface area contributed by atoms with Crippen LogP contribution in [0, 0.1) is 6.92 Å². The summed E-state index contributed by atoms with van der Waals surface area (Å²) in [5.74, 6) is 1.08. The van der Waals surface area contributed by atoms with Crippen molar-refractivity contribution < 1.29 is 21.1 Å². The molecule has 0 radical (unpaired) electrons. The normalized spacial score (nSPS) is 13.3. The van der Waals surface area contributed by atoms with Gasteiger partial charge in [0.2, 0.25) is 0 Å². The van der Waals surface area contributed by atoms with E-state index in [0.717, 1.165) is 12.2 Å². The smallest absolute Gasteiger partial charge is 0.147 e. The molecule has 1 aromatic carbocycles. The molecule has 0 saturated heterocycles. The number of halogens is 2. The SMILES string of the molecule is CC1=[C]([Ti]([O]c2cc(C)cc([Si](C)(C)C)c2)=[C](C)C)CC=C1.Cl.Cl. The van der Waals surface area contributed by atoms with Crippen LogP contribution in [0.2, 0.25) is 19.6 Å². The fraction of sp³-hybridized carbons (Fsp3) is 0.421. The second kappa shape index (κ2) is 9.54.